The number of hydrogen-bond donors (Lipinski definition) is 2. The zero-order valence-electron chi connectivity index (χ0n) is 12.7. The highest BCUT2D eigenvalue weighted by Crippen LogP contribution is 2.14. The van der Waals surface area contributed by atoms with Crippen LogP contribution in [-0.2, 0) is 6.54 Å². The fourth-order valence-corrected chi connectivity index (χ4v) is 2.09. The van der Waals surface area contributed by atoms with Gasteiger partial charge in [0.05, 0.1) is 17.6 Å². The van der Waals surface area contributed by atoms with Crippen molar-refractivity contribution >= 4 is 17.3 Å². The van der Waals surface area contributed by atoms with Gasteiger partial charge in [-0.2, -0.15) is 0 Å². The third kappa shape index (κ3) is 3.92. The monoisotopic (exact) mass is 322 g/mol. The van der Waals surface area contributed by atoms with Crippen molar-refractivity contribution in [2.24, 2.45) is 0 Å². The van der Waals surface area contributed by atoms with E-state index in [9.17, 15) is 9.18 Å². The van der Waals surface area contributed by atoms with E-state index in [0.29, 0.717) is 6.54 Å². The molecule has 0 spiro atoms. The maximum Gasteiger partial charge on any atom is 0.274 e. The van der Waals surface area contributed by atoms with Gasteiger partial charge in [0, 0.05) is 18.9 Å². The molecule has 2 heterocycles. The van der Waals surface area contributed by atoms with E-state index in [1.165, 1.54) is 12.1 Å². The molecule has 24 heavy (non-hydrogen) atoms. The molecule has 2 N–H and O–H groups in total. The first kappa shape index (κ1) is 15.6. The van der Waals surface area contributed by atoms with Crippen molar-refractivity contribution in [2.75, 3.05) is 10.6 Å². The lowest BCUT2D eigenvalue weighted by atomic mass is 10.2. The number of para-hydroxylation sites is 1. The van der Waals surface area contributed by atoms with E-state index in [0.717, 1.165) is 11.3 Å². The summed E-state index contributed by atoms with van der Waals surface area (Å²) in [5, 5.41) is 5.69. The molecule has 0 aliphatic heterocycles. The maximum atomic E-state index is 13.5. The van der Waals surface area contributed by atoms with Gasteiger partial charge in [0.1, 0.15) is 11.5 Å². The lowest BCUT2D eigenvalue weighted by Crippen LogP contribution is -2.14. The Bertz CT molecular complexity index is 822. The fraction of sp³-hybridized carbons (Fsp3) is 0.0556. The topological polar surface area (TPSA) is 66.9 Å². The zero-order valence-corrected chi connectivity index (χ0v) is 12.7. The molecule has 0 fully saturated rings. The summed E-state index contributed by atoms with van der Waals surface area (Å²) in [7, 11) is 0. The molecule has 0 unspecified atom stereocenters. The summed E-state index contributed by atoms with van der Waals surface area (Å²) in [4.78, 5) is 20.2. The number of carbonyl (C=O) groups is 1. The number of pyridine rings is 2. The van der Waals surface area contributed by atoms with Crippen molar-refractivity contribution in [2.45, 2.75) is 6.54 Å². The van der Waals surface area contributed by atoms with Crippen LogP contribution >= 0.6 is 0 Å². The van der Waals surface area contributed by atoms with Crippen molar-refractivity contribution in [3.63, 3.8) is 0 Å². The van der Waals surface area contributed by atoms with Crippen LogP contribution in [0.5, 0.6) is 0 Å². The molecule has 0 atom stereocenters. The van der Waals surface area contributed by atoms with Gasteiger partial charge in [-0.1, -0.05) is 18.2 Å². The van der Waals surface area contributed by atoms with Crippen LogP contribution in [0.25, 0.3) is 0 Å². The number of nitrogens with zero attached hydrogens (tertiary/aromatic N) is 2. The molecule has 0 bridgehead atoms. The van der Waals surface area contributed by atoms with Crippen molar-refractivity contribution in [1.29, 1.82) is 0 Å². The summed E-state index contributed by atoms with van der Waals surface area (Å²) < 4.78 is 13.5. The fourth-order valence-electron chi connectivity index (χ4n) is 2.09. The van der Waals surface area contributed by atoms with E-state index in [-0.39, 0.29) is 11.4 Å². The van der Waals surface area contributed by atoms with Gasteiger partial charge >= 0.3 is 0 Å². The second-order valence-electron chi connectivity index (χ2n) is 5.08. The number of nitrogens with one attached hydrogen (secondary N) is 2. The van der Waals surface area contributed by atoms with Crippen LogP contribution < -0.4 is 10.6 Å². The molecular weight excluding hydrogens is 307 g/mol. The predicted molar refractivity (Wildman–Crippen MR) is 90.2 cm³/mol. The van der Waals surface area contributed by atoms with Gasteiger partial charge in [-0.25, -0.2) is 9.37 Å². The second-order valence-corrected chi connectivity index (χ2v) is 5.08. The van der Waals surface area contributed by atoms with Crippen LogP contribution in [0.2, 0.25) is 0 Å². The summed E-state index contributed by atoms with van der Waals surface area (Å²) >= 11 is 0. The Morgan fingerprint density at radius 3 is 2.62 bits per heavy atom. The SMILES string of the molecule is O=C(Nc1ccccc1F)c1ccc(NCc2cccnc2)cn1. The predicted octanol–water partition coefficient (Wildman–Crippen LogP) is 3.48. The Morgan fingerprint density at radius 2 is 1.92 bits per heavy atom. The Balaban J connectivity index is 1.61. The molecule has 1 amide bonds. The van der Waals surface area contributed by atoms with E-state index in [4.69, 9.17) is 0 Å². The summed E-state index contributed by atoms with van der Waals surface area (Å²) in [5.74, 6) is -0.945. The highest BCUT2D eigenvalue weighted by molar-refractivity contribution is 6.03. The van der Waals surface area contributed by atoms with Crippen LogP contribution in [-0.4, -0.2) is 15.9 Å². The molecular formula is C18H15FN4O. The lowest BCUT2D eigenvalue weighted by Gasteiger charge is -2.08. The first-order valence-electron chi connectivity index (χ1n) is 7.37. The normalized spacial score (nSPS) is 10.2. The molecule has 6 heteroatoms. The van der Waals surface area contributed by atoms with Crippen molar-refractivity contribution in [1.82, 2.24) is 9.97 Å². The molecule has 3 aromatic rings. The zero-order chi connectivity index (χ0) is 16.8. The van der Waals surface area contributed by atoms with Gasteiger partial charge in [-0.3, -0.25) is 9.78 Å². The minimum absolute atomic E-state index is 0.128. The molecule has 1 aromatic carbocycles. The summed E-state index contributed by atoms with van der Waals surface area (Å²) in [6, 6.07) is 13.2. The number of halogens is 1. The molecule has 120 valence electrons. The van der Waals surface area contributed by atoms with E-state index in [2.05, 4.69) is 20.6 Å². The number of amides is 1. The number of anilines is 2. The highest BCUT2D eigenvalue weighted by Gasteiger charge is 2.10. The average molecular weight is 322 g/mol. The summed E-state index contributed by atoms with van der Waals surface area (Å²) in [6.45, 7) is 0.607. The van der Waals surface area contributed by atoms with Gasteiger partial charge in [0.2, 0.25) is 0 Å². The van der Waals surface area contributed by atoms with Crippen LogP contribution in [0.15, 0.2) is 67.1 Å². The van der Waals surface area contributed by atoms with Gasteiger partial charge in [0.25, 0.3) is 5.91 Å². The van der Waals surface area contributed by atoms with Crippen LogP contribution in [0.3, 0.4) is 0 Å². The number of carbonyl (C=O) groups excluding carboxylic acids is 1. The van der Waals surface area contributed by atoms with Gasteiger partial charge in [-0.15, -0.1) is 0 Å². The summed E-state index contributed by atoms with van der Waals surface area (Å²) in [6.07, 6.45) is 5.05. The van der Waals surface area contributed by atoms with E-state index >= 15 is 0 Å². The van der Waals surface area contributed by atoms with Gasteiger partial charge in [-0.05, 0) is 35.9 Å². The maximum absolute atomic E-state index is 13.5. The van der Waals surface area contributed by atoms with Gasteiger partial charge in [0.15, 0.2) is 0 Å². The van der Waals surface area contributed by atoms with Crippen molar-refractivity contribution in [3.8, 4) is 0 Å². The Hall–Kier alpha value is -3.28. The first-order chi connectivity index (χ1) is 11.7. The average Bonchev–Trinajstić information content (AvgIpc) is 2.63. The number of hydrogen-bond acceptors (Lipinski definition) is 4. The van der Waals surface area contributed by atoms with E-state index in [1.54, 1.807) is 42.9 Å². The Labute approximate surface area is 138 Å². The molecule has 0 radical (unpaired) electrons. The highest BCUT2D eigenvalue weighted by atomic mass is 19.1. The van der Waals surface area contributed by atoms with Gasteiger partial charge < -0.3 is 10.6 Å². The van der Waals surface area contributed by atoms with Crippen molar-refractivity contribution < 1.29 is 9.18 Å². The molecule has 3 rings (SSSR count). The largest absolute Gasteiger partial charge is 0.380 e. The van der Waals surface area contributed by atoms with E-state index < -0.39 is 11.7 Å². The molecule has 0 saturated carbocycles. The van der Waals surface area contributed by atoms with Crippen LogP contribution in [0, 0.1) is 5.82 Å². The standard InChI is InChI=1S/C18H15FN4O/c19-15-5-1-2-6-16(15)23-18(24)17-8-7-14(12-22-17)21-11-13-4-3-9-20-10-13/h1-10,12,21H,11H2,(H,23,24). The minimum Gasteiger partial charge on any atom is -0.380 e. The number of aromatic nitrogens is 2. The third-order valence-corrected chi connectivity index (χ3v) is 3.34. The minimum atomic E-state index is -0.486. The number of benzene rings is 1. The van der Waals surface area contributed by atoms with E-state index in [1.807, 2.05) is 12.1 Å². The Morgan fingerprint density at radius 1 is 1.04 bits per heavy atom. The van der Waals surface area contributed by atoms with Crippen molar-refractivity contribution in [3.05, 3.63) is 84.2 Å². The molecule has 0 saturated heterocycles. The molecule has 0 aliphatic rings. The first-order valence-corrected chi connectivity index (χ1v) is 7.37. The molecule has 0 aliphatic carbocycles. The molecule has 5 nitrogen and oxygen atoms in total. The lowest BCUT2D eigenvalue weighted by molar-refractivity contribution is 0.102. The quantitative estimate of drug-likeness (QED) is 0.755. The third-order valence-electron chi connectivity index (χ3n) is 3.34. The Kier molecular flexibility index (Phi) is 4.76. The number of rotatable bonds is 5. The summed E-state index contributed by atoms with van der Waals surface area (Å²) in [5.41, 5.74) is 2.16. The molecule has 2 aromatic heterocycles. The second kappa shape index (κ2) is 7.32. The van der Waals surface area contributed by atoms with Crippen LogP contribution in [0.4, 0.5) is 15.8 Å². The van der Waals surface area contributed by atoms with Crippen LogP contribution in [0.1, 0.15) is 16.1 Å². The smallest absolute Gasteiger partial charge is 0.274 e.